The topological polar surface area (TPSA) is 75.5 Å². The van der Waals surface area contributed by atoms with Crippen LogP contribution in [0.4, 0.5) is 5.00 Å². The molecule has 25 heavy (non-hydrogen) atoms. The normalized spacial score (nSPS) is 15.0. The van der Waals surface area contributed by atoms with Crippen LogP contribution in [0.25, 0.3) is 0 Å². The van der Waals surface area contributed by atoms with Crippen LogP contribution in [-0.2, 0) is 13.1 Å². The summed E-state index contributed by atoms with van der Waals surface area (Å²) in [6.07, 6.45) is 3.80. The molecule has 1 aromatic heterocycles. The molecule has 1 aromatic carbocycles. The van der Waals surface area contributed by atoms with Crippen LogP contribution < -0.4 is 5.32 Å². The Morgan fingerprint density at radius 3 is 2.52 bits per heavy atom. The molecule has 0 radical (unpaired) electrons. The molecule has 0 atom stereocenters. The first-order valence-electron chi connectivity index (χ1n) is 8.45. The number of piperidine rings is 1. The molecule has 7 heteroatoms. The summed E-state index contributed by atoms with van der Waals surface area (Å²) in [6.45, 7) is 3.57. The molecule has 1 amide bonds. The second-order valence-corrected chi connectivity index (χ2v) is 7.25. The van der Waals surface area contributed by atoms with E-state index < -0.39 is 4.92 Å². The van der Waals surface area contributed by atoms with Crippen molar-refractivity contribution < 1.29 is 9.72 Å². The predicted octanol–water partition coefficient (Wildman–Crippen LogP) is 3.57. The summed E-state index contributed by atoms with van der Waals surface area (Å²) < 4.78 is 0. The average molecular weight is 359 g/mol. The molecule has 0 saturated carbocycles. The van der Waals surface area contributed by atoms with Gasteiger partial charge in [0.05, 0.1) is 9.80 Å². The molecule has 1 saturated heterocycles. The zero-order chi connectivity index (χ0) is 17.6. The van der Waals surface area contributed by atoms with Gasteiger partial charge < -0.3 is 5.32 Å². The Balaban J connectivity index is 1.62. The molecule has 1 fully saturated rings. The number of amides is 1. The molecule has 0 spiro atoms. The monoisotopic (exact) mass is 359 g/mol. The van der Waals surface area contributed by atoms with Crippen molar-refractivity contribution in [3.63, 3.8) is 0 Å². The molecular weight excluding hydrogens is 338 g/mol. The number of likely N-dealkylation sites (tertiary alicyclic amines) is 1. The number of nitrogens with zero attached hydrogens (tertiary/aromatic N) is 2. The third-order valence-electron chi connectivity index (χ3n) is 4.40. The molecule has 2 aromatic rings. The highest BCUT2D eigenvalue weighted by Gasteiger charge is 2.16. The van der Waals surface area contributed by atoms with E-state index in [0.717, 1.165) is 36.5 Å². The van der Waals surface area contributed by atoms with Crippen molar-refractivity contribution in [3.05, 3.63) is 62.5 Å². The van der Waals surface area contributed by atoms with Crippen molar-refractivity contribution >= 4 is 22.2 Å². The van der Waals surface area contributed by atoms with Gasteiger partial charge >= 0.3 is 5.00 Å². The van der Waals surface area contributed by atoms with Crippen molar-refractivity contribution in [3.8, 4) is 0 Å². The Bertz CT molecular complexity index is 754. The Hall–Kier alpha value is -2.25. The van der Waals surface area contributed by atoms with Gasteiger partial charge in [-0.15, -0.1) is 0 Å². The first-order valence-corrected chi connectivity index (χ1v) is 9.27. The van der Waals surface area contributed by atoms with E-state index in [4.69, 9.17) is 0 Å². The second-order valence-electron chi connectivity index (χ2n) is 6.18. The number of carbonyl (C=O) groups excluding carboxylic acids is 1. The number of thiophene rings is 1. The molecular formula is C18H21N3O3S. The van der Waals surface area contributed by atoms with E-state index in [2.05, 4.69) is 16.3 Å². The van der Waals surface area contributed by atoms with Crippen molar-refractivity contribution in [1.29, 1.82) is 0 Å². The number of nitro groups is 1. The lowest BCUT2D eigenvalue weighted by molar-refractivity contribution is -0.380. The van der Waals surface area contributed by atoms with Gasteiger partial charge in [0.1, 0.15) is 0 Å². The first kappa shape index (κ1) is 17.6. The Morgan fingerprint density at radius 1 is 1.12 bits per heavy atom. The lowest BCUT2D eigenvalue weighted by Gasteiger charge is -2.27. The molecule has 1 N–H and O–H groups in total. The maximum absolute atomic E-state index is 12.2. The summed E-state index contributed by atoms with van der Waals surface area (Å²) in [5.74, 6) is -0.272. The quantitative estimate of drug-likeness (QED) is 0.632. The van der Waals surface area contributed by atoms with Gasteiger partial charge in [-0.2, -0.15) is 0 Å². The summed E-state index contributed by atoms with van der Waals surface area (Å²) in [6, 6.07) is 11.0. The molecule has 6 nitrogen and oxygen atoms in total. The summed E-state index contributed by atoms with van der Waals surface area (Å²) in [5.41, 5.74) is 2.31. The largest absolute Gasteiger partial charge is 0.347 e. The van der Waals surface area contributed by atoms with E-state index >= 15 is 0 Å². The third-order valence-corrected chi connectivity index (χ3v) is 5.43. The smallest absolute Gasteiger partial charge is 0.324 e. The first-order chi connectivity index (χ1) is 12.1. The van der Waals surface area contributed by atoms with Crippen LogP contribution in [0.1, 0.15) is 40.1 Å². The fraction of sp³-hybridized carbons (Fsp3) is 0.389. The van der Waals surface area contributed by atoms with Gasteiger partial charge in [-0.05, 0) is 43.1 Å². The molecule has 0 bridgehead atoms. The van der Waals surface area contributed by atoms with Crippen LogP contribution in [0.3, 0.4) is 0 Å². The molecule has 0 aliphatic carbocycles. The lowest BCUT2D eigenvalue weighted by atomic mass is 10.0. The van der Waals surface area contributed by atoms with E-state index in [1.807, 2.05) is 18.2 Å². The molecule has 0 unspecified atom stereocenters. The highest BCUT2D eigenvalue weighted by molar-refractivity contribution is 7.17. The second kappa shape index (κ2) is 8.22. The fourth-order valence-electron chi connectivity index (χ4n) is 3.05. The van der Waals surface area contributed by atoms with Gasteiger partial charge in [-0.25, -0.2) is 0 Å². The number of nitrogens with one attached hydrogen (secondary N) is 1. The highest BCUT2D eigenvalue weighted by atomic mass is 32.1. The summed E-state index contributed by atoms with van der Waals surface area (Å²) >= 11 is 0.898. The van der Waals surface area contributed by atoms with E-state index in [-0.39, 0.29) is 10.9 Å². The van der Waals surface area contributed by atoms with Crippen LogP contribution in [0, 0.1) is 10.1 Å². The van der Waals surface area contributed by atoms with Crippen LogP contribution in [0.15, 0.2) is 36.4 Å². The summed E-state index contributed by atoms with van der Waals surface area (Å²) in [4.78, 5) is 25.3. The van der Waals surface area contributed by atoms with E-state index in [1.54, 1.807) is 0 Å². The third kappa shape index (κ3) is 4.64. The van der Waals surface area contributed by atoms with Crippen LogP contribution >= 0.6 is 11.3 Å². The van der Waals surface area contributed by atoms with Gasteiger partial charge in [0.15, 0.2) is 0 Å². The number of rotatable bonds is 6. The molecule has 132 valence electrons. The van der Waals surface area contributed by atoms with Gasteiger partial charge in [0.25, 0.3) is 5.91 Å². The van der Waals surface area contributed by atoms with Gasteiger partial charge in [0.2, 0.25) is 0 Å². The number of hydrogen-bond acceptors (Lipinski definition) is 5. The van der Waals surface area contributed by atoms with Crippen LogP contribution in [0.2, 0.25) is 0 Å². The Kier molecular flexibility index (Phi) is 5.78. The van der Waals surface area contributed by atoms with Crippen molar-refractivity contribution in [2.45, 2.75) is 32.4 Å². The van der Waals surface area contributed by atoms with Gasteiger partial charge in [-0.1, -0.05) is 42.0 Å². The summed E-state index contributed by atoms with van der Waals surface area (Å²) in [5, 5.41) is 13.6. The lowest BCUT2D eigenvalue weighted by Crippen LogP contribution is -2.30. The Morgan fingerprint density at radius 2 is 1.84 bits per heavy atom. The van der Waals surface area contributed by atoms with Crippen molar-refractivity contribution in [1.82, 2.24) is 10.2 Å². The maximum atomic E-state index is 12.2. The minimum atomic E-state index is -0.477. The predicted molar refractivity (Wildman–Crippen MR) is 97.7 cm³/mol. The van der Waals surface area contributed by atoms with Crippen LogP contribution in [0.5, 0.6) is 0 Å². The van der Waals surface area contributed by atoms with Crippen molar-refractivity contribution in [2.24, 2.45) is 0 Å². The van der Waals surface area contributed by atoms with E-state index in [0.29, 0.717) is 11.4 Å². The zero-order valence-corrected chi connectivity index (χ0v) is 14.8. The van der Waals surface area contributed by atoms with Gasteiger partial charge in [-0.3, -0.25) is 19.8 Å². The maximum Gasteiger partial charge on any atom is 0.324 e. The summed E-state index contributed by atoms with van der Waals surface area (Å²) in [7, 11) is 0. The molecule has 3 rings (SSSR count). The number of hydrogen-bond donors (Lipinski definition) is 1. The minimum Gasteiger partial charge on any atom is -0.347 e. The van der Waals surface area contributed by atoms with Crippen molar-refractivity contribution in [2.75, 3.05) is 13.1 Å². The standard InChI is InChI=1S/C18H21N3O3S/c22-18(16-8-9-17(25-16)21(23)24)19-12-14-6-2-3-7-15(14)13-20-10-4-1-5-11-20/h2-3,6-9H,1,4-5,10-13H2,(H,19,22). The van der Waals surface area contributed by atoms with E-state index in [1.165, 1.54) is 37.0 Å². The Labute approximate surface area is 150 Å². The number of benzene rings is 1. The number of carbonyl (C=O) groups is 1. The van der Waals surface area contributed by atoms with Crippen LogP contribution in [-0.4, -0.2) is 28.8 Å². The molecule has 1 aliphatic rings. The average Bonchev–Trinajstić information content (AvgIpc) is 3.12. The van der Waals surface area contributed by atoms with E-state index in [9.17, 15) is 14.9 Å². The highest BCUT2D eigenvalue weighted by Crippen LogP contribution is 2.24. The zero-order valence-electron chi connectivity index (χ0n) is 13.9. The fourth-order valence-corrected chi connectivity index (χ4v) is 3.79. The molecule has 2 heterocycles. The SMILES string of the molecule is O=C(NCc1ccccc1CN1CCCCC1)c1ccc([N+](=O)[O-])s1. The minimum absolute atomic E-state index is 0.0179. The van der Waals surface area contributed by atoms with Gasteiger partial charge in [0, 0.05) is 19.2 Å². The molecule has 1 aliphatic heterocycles.